The van der Waals surface area contributed by atoms with Crippen LogP contribution in [0.1, 0.15) is 27.7 Å². The number of aromatic nitrogens is 2. The minimum atomic E-state index is 0.370. The molecule has 1 aromatic heterocycles. The van der Waals surface area contributed by atoms with Gasteiger partial charge in [-0.05, 0) is 35.7 Å². The average Bonchev–Trinajstić information content (AvgIpc) is 2.26. The maximum absolute atomic E-state index is 5.34. The number of rotatable bonds is 5. The third-order valence-electron chi connectivity index (χ3n) is 2.31. The summed E-state index contributed by atoms with van der Waals surface area (Å²) >= 11 is 3.48. The van der Waals surface area contributed by atoms with E-state index in [0.29, 0.717) is 17.9 Å². The van der Waals surface area contributed by atoms with Gasteiger partial charge in [0, 0.05) is 18.8 Å². The second-order valence-corrected chi connectivity index (χ2v) is 5.50. The Morgan fingerprint density at radius 3 is 2.53 bits per heavy atom. The lowest BCUT2D eigenvalue weighted by Gasteiger charge is -2.30. The van der Waals surface area contributed by atoms with Gasteiger partial charge in [0.25, 0.3) is 0 Å². The standard InChI is InChI=1S/C11H20BrN5/c1-7(2)6-17(8(3)4)10-9(12)5-14-11(15-10)16-13/h5,7-8H,6,13H2,1-4H3,(H,14,15,16). The normalized spacial score (nSPS) is 11.1. The topological polar surface area (TPSA) is 67.1 Å². The molecular weight excluding hydrogens is 282 g/mol. The first kappa shape index (κ1) is 14.2. The number of hydrogen-bond donors (Lipinski definition) is 2. The summed E-state index contributed by atoms with van der Waals surface area (Å²) < 4.78 is 0.880. The highest BCUT2D eigenvalue weighted by atomic mass is 79.9. The van der Waals surface area contributed by atoms with E-state index >= 15 is 0 Å². The van der Waals surface area contributed by atoms with Crippen LogP contribution in [0.4, 0.5) is 11.8 Å². The Morgan fingerprint density at radius 1 is 1.41 bits per heavy atom. The van der Waals surface area contributed by atoms with Crippen LogP contribution in [0.3, 0.4) is 0 Å². The predicted molar refractivity (Wildman–Crippen MR) is 74.9 cm³/mol. The highest BCUT2D eigenvalue weighted by Crippen LogP contribution is 2.26. The molecule has 1 heterocycles. The summed E-state index contributed by atoms with van der Waals surface area (Å²) in [6, 6.07) is 0.370. The molecule has 0 bridgehead atoms. The Morgan fingerprint density at radius 2 is 2.06 bits per heavy atom. The third kappa shape index (κ3) is 3.81. The molecular formula is C11H20BrN5. The Kier molecular flexibility index (Phi) is 5.14. The van der Waals surface area contributed by atoms with Crippen LogP contribution >= 0.6 is 15.9 Å². The molecule has 0 amide bonds. The minimum absolute atomic E-state index is 0.370. The van der Waals surface area contributed by atoms with Gasteiger partial charge in [0.2, 0.25) is 5.95 Å². The maximum Gasteiger partial charge on any atom is 0.239 e. The van der Waals surface area contributed by atoms with Gasteiger partial charge < -0.3 is 4.90 Å². The fourth-order valence-electron chi connectivity index (χ4n) is 1.56. The molecule has 0 spiro atoms. The molecule has 0 unspecified atom stereocenters. The molecule has 0 aromatic carbocycles. The summed E-state index contributed by atoms with van der Waals surface area (Å²) in [5.74, 6) is 7.20. The lowest BCUT2D eigenvalue weighted by molar-refractivity contribution is 0.565. The number of nitrogens with one attached hydrogen (secondary N) is 1. The van der Waals surface area contributed by atoms with Crippen LogP contribution in [0, 0.1) is 5.92 Å². The second-order valence-electron chi connectivity index (χ2n) is 4.65. The van der Waals surface area contributed by atoms with Gasteiger partial charge in [-0.1, -0.05) is 13.8 Å². The van der Waals surface area contributed by atoms with Crippen LogP contribution < -0.4 is 16.2 Å². The molecule has 0 fully saturated rings. The second kappa shape index (κ2) is 6.16. The average molecular weight is 302 g/mol. The molecule has 0 aliphatic carbocycles. The van der Waals surface area contributed by atoms with Crippen molar-refractivity contribution in [3.63, 3.8) is 0 Å². The molecule has 3 N–H and O–H groups in total. The van der Waals surface area contributed by atoms with E-state index in [-0.39, 0.29) is 0 Å². The third-order valence-corrected chi connectivity index (χ3v) is 2.87. The number of anilines is 2. The van der Waals surface area contributed by atoms with E-state index in [9.17, 15) is 0 Å². The molecule has 0 aliphatic heterocycles. The zero-order valence-electron chi connectivity index (χ0n) is 10.7. The van der Waals surface area contributed by atoms with Gasteiger partial charge in [-0.25, -0.2) is 10.8 Å². The number of halogens is 1. The molecule has 1 rings (SSSR count). The summed E-state index contributed by atoms with van der Waals surface area (Å²) in [7, 11) is 0. The Bertz CT molecular complexity index is 367. The van der Waals surface area contributed by atoms with Crippen LogP contribution in [0.2, 0.25) is 0 Å². The fourth-order valence-corrected chi connectivity index (χ4v) is 1.98. The van der Waals surface area contributed by atoms with E-state index in [2.05, 4.69) is 63.9 Å². The zero-order valence-corrected chi connectivity index (χ0v) is 12.3. The number of hydrogen-bond acceptors (Lipinski definition) is 5. The quantitative estimate of drug-likeness (QED) is 0.646. The molecule has 0 saturated heterocycles. The molecule has 96 valence electrons. The Hall–Kier alpha value is -0.880. The molecule has 5 nitrogen and oxygen atoms in total. The van der Waals surface area contributed by atoms with Crippen LogP contribution in [0.15, 0.2) is 10.7 Å². The lowest BCUT2D eigenvalue weighted by atomic mass is 10.2. The summed E-state index contributed by atoms with van der Waals surface area (Å²) in [6.07, 6.45) is 1.72. The molecule has 17 heavy (non-hydrogen) atoms. The lowest BCUT2D eigenvalue weighted by Crippen LogP contribution is -2.35. The summed E-state index contributed by atoms with van der Waals surface area (Å²) in [5, 5.41) is 0. The van der Waals surface area contributed by atoms with Crippen molar-refractivity contribution in [1.82, 2.24) is 9.97 Å². The van der Waals surface area contributed by atoms with Gasteiger partial charge in [0.15, 0.2) is 0 Å². The monoisotopic (exact) mass is 301 g/mol. The smallest absolute Gasteiger partial charge is 0.239 e. The van der Waals surface area contributed by atoms with E-state index in [1.807, 2.05) is 0 Å². The first-order valence-corrected chi connectivity index (χ1v) is 6.50. The van der Waals surface area contributed by atoms with Crippen molar-refractivity contribution >= 4 is 27.7 Å². The summed E-state index contributed by atoms with van der Waals surface area (Å²) in [5.41, 5.74) is 2.47. The van der Waals surface area contributed by atoms with Crippen molar-refractivity contribution in [3.05, 3.63) is 10.7 Å². The molecule has 0 saturated carbocycles. The number of nitrogens with zero attached hydrogens (tertiary/aromatic N) is 3. The first-order chi connectivity index (χ1) is 7.95. The highest BCUT2D eigenvalue weighted by molar-refractivity contribution is 9.10. The number of nitrogens with two attached hydrogens (primary N) is 1. The van der Waals surface area contributed by atoms with Crippen LogP contribution in [0.5, 0.6) is 0 Å². The van der Waals surface area contributed by atoms with E-state index in [1.165, 1.54) is 0 Å². The van der Waals surface area contributed by atoms with Crippen molar-refractivity contribution in [2.45, 2.75) is 33.7 Å². The van der Waals surface area contributed by atoms with E-state index in [4.69, 9.17) is 5.84 Å². The molecule has 1 aromatic rings. The minimum Gasteiger partial charge on any atom is -0.353 e. The van der Waals surface area contributed by atoms with E-state index < -0.39 is 0 Å². The van der Waals surface area contributed by atoms with Crippen molar-refractivity contribution < 1.29 is 0 Å². The fraction of sp³-hybridized carbons (Fsp3) is 0.636. The summed E-state index contributed by atoms with van der Waals surface area (Å²) in [4.78, 5) is 10.7. The van der Waals surface area contributed by atoms with Gasteiger partial charge in [-0.15, -0.1) is 0 Å². The Labute approximate surface area is 111 Å². The first-order valence-electron chi connectivity index (χ1n) is 5.71. The molecule has 0 radical (unpaired) electrons. The van der Waals surface area contributed by atoms with Crippen LogP contribution in [-0.2, 0) is 0 Å². The molecule has 0 aliphatic rings. The van der Waals surface area contributed by atoms with E-state index in [1.54, 1.807) is 6.20 Å². The van der Waals surface area contributed by atoms with Gasteiger partial charge >= 0.3 is 0 Å². The zero-order chi connectivity index (χ0) is 13.0. The van der Waals surface area contributed by atoms with Gasteiger partial charge in [0.05, 0.1) is 4.47 Å². The van der Waals surface area contributed by atoms with Gasteiger partial charge in [-0.3, -0.25) is 5.43 Å². The number of hydrazine groups is 1. The van der Waals surface area contributed by atoms with Crippen molar-refractivity contribution in [3.8, 4) is 0 Å². The van der Waals surface area contributed by atoms with Crippen LogP contribution in [0.25, 0.3) is 0 Å². The SMILES string of the molecule is CC(C)CN(c1nc(NN)ncc1Br)C(C)C. The van der Waals surface area contributed by atoms with Crippen LogP contribution in [-0.4, -0.2) is 22.6 Å². The molecule has 0 atom stereocenters. The number of nitrogen functional groups attached to an aromatic ring is 1. The van der Waals surface area contributed by atoms with E-state index in [0.717, 1.165) is 16.8 Å². The van der Waals surface area contributed by atoms with Gasteiger partial charge in [-0.2, -0.15) is 4.98 Å². The van der Waals surface area contributed by atoms with Crippen molar-refractivity contribution in [2.24, 2.45) is 11.8 Å². The van der Waals surface area contributed by atoms with Crippen molar-refractivity contribution in [2.75, 3.05) is 16.9 Å². The van der Waals surface area contributed by atoms with Crippen molar-refractivity contribution in [1.29, 1.82) is 0 Å². The van der Waals surface area contributed by atoms with Gasteiger partial charge in [0.1, 0.15) is 5.82 Å². The Balaban J connectivity index is 3.08. The maximum atomic E-state index is 5.34. The molecule has 6 heteroatoms. The highest BCUT2D eigenvalue weighted by Gasteiger charge is 2.17. The summed E-state index contributed by atoms with van der Waals surface area (Å²) in [6.45, 7) is 9.61. The predicted octanol–water partition coefficient (Wildman–Crippen LogP) is 2.40. The largest absolute Gasteiger partial charge is 0.353 e.